The van der Waals surface area contributed by atoms with E-state index in [1.165, 1.54) is 0 Å². The second-order valence-electron chi connectivity index (χ2n) is 7.95. The Morgan fingerprint density at radius 1 is 1.17 bits per heavy atom. The van der Waals surface area contributed by atoms with Crippen molar-refractivity contribution < 1.29 is 19.0 Å². The fourth-order valence-corrected chi connectivity index (χ4v) is 2.41. The summed E-state index contributed by atoms with van der Waals surface area (Å²) in [5.74, 6) is 0. The van der Waals surface area contributed by atoms with Crippen LogP contribution in [0.1, 0.15) is 60.3 Å². The van der Waals surface area contributed by atoms with Gasteiger partial charge in [0.2, 0.25) is 0 Å². The molecule has 1 fully saturated rings. The third-order valence-electron chi connectivity index (χ3n) is 4.15. The lowest BCUT2D eigenvalue weighted by Gasteiger charge is -2.30. The summed E-state index contributed by atoms with van der Waals surface area (Å²) < 4.78 is 17.2. The second-order valence-corrected chi connectivity index (χ2v) is 8.36. The Morgan fingerprint density at radius 3 is 2.17 bits per heavy atom. The van der Waals surface area contributed by atoms with E-state index in [1.807, 2.05) is 33.8 Å². The van der Waals surface area contributed by atoms with Crippen LogP contribution in [0, 0.1) is 0 Å². The molecule has 6 heteroatoms. The first-order chi connectivity index (χ1) is 10.8. The molecular formula is C18H26ClNO4. The van der Waals surface area contributed by atoms with E-state index in [2.05, 4.69) is 5.32 Å². The number of anilines is 1. The summed E-state index contributed by atoms with van der Waals surface area (Å²) in [6.07, 6.45) is -1.05. The molecule has 1 aliphatic heterocycles. The Hall–Kier alpha value is -1.30. The standard InChI is InChI=1S/C18H26ClNO4/c1-16(2,3)24-15(21)20-13-9-8-11(10-12(13)19)14-22-17(4,5)18(6,7)23-14/h8-10,14H,1-7H3,(H,20,21). The highest BCUT2D eigenvalue weighted by Gasteiger charge is 2.49. The van der Waals surface area contributed by atoms with Crippen LogP contribution in [-0.2, 0) is 14.2 Å². The minimum atomic E-state index is -0.570. The van der Waals surface area contributed by atoms with E-state index in [4.69, 9.17) is 25.8 Å². The lowest BCUT2D eigenvalue weighted by Crippen LogP contribution is -2.41. The van der Waals surface area contributed by atoms with Crippen LogP contribution in [0.4, 0.5) is 10.5 Å². The van der Waals surface area contributed by atoms with Crippen LogP contribution >= 0.6 is 11.6 Å². The molecule has 1 aromatic carbocycles. The Morgan fingerprint density at radius 2 is 1.71 bits per heavy atom. The number of hydrogen-bond donors (Lipinski definition) is 1. The summed E-state index contributed by atoms with van der Waals surface area (Å²) in [4.78, 5) is 11.9. The SMILES string of the molecule is CC(C)(C)OC(=O)Nc1ccc(C2OC(C)(C)C(C)(C)O2)cc1Cl. The van der Waals surface area contributed by atoms with Crippen molar-refractivity contribution in [2.45, 2.75) is 71.6 Å². The van der Waals surface area contributed by atoms with Gasteiger partial charge in [0.1, 0.15) is 5.60 Å². The minimum absolute atomic E-state index is 0.396. The zero-order valence-electron chi connectivity index (χ0n) is 15.3. The third-order valence-corrected chi connectivity index (χ3v) is 4.47. The van der Waals surface area contributed by atoms with E-state index in [9.17, 15) is 4.79 Å². The van der Waals surface area contributed by atoms with Gasteiger partial charge in [0, 0.05) is 5.56 Å². The molecular weight excluding hydrogens is 330 g/mol. The zero-order chi connectivity index (χ0) is 18.3. The van der Waals surface area contributed by atoms with Crippen LogP contribution in [0.15, 0.2) is 18.2 Å². The molecule has 0 aliphatic carbocycles. The molecule has 1 aromatic rings. The van der Waals surface area contributed by atoms with Crippen LogP contribution in [-0.4, -0.2) is 22.9 Å². The summed E-state index contributed by atoms with van der Waals surface area (Å²) in [6.45, 7) is 13.4. The van der Waals surface area contributed by atoms with Crippen LogP contribution in [0.25, 0.3) is 0 Å². The highest BCUT2D eigenvalue weighted by molar-refractivity contribution is 6.33. The number of nitrogens with one attached hydrogen (secondary N) is 1. The molecule has 1 N–H and O–H groups in total. The lowest BCUT2D eigenvalue weighted by atomic mass is 9.90. The van der Waals surface area contributed by atoms with Gasteiger partial charge in [0.15, 0.2) is 6.29 Å². The van der Waals surface area contributed by atoms with Crippen molar-refractivity contribution in [3.63, 3.8) is 0 Å². The quantitative estimate of drug-likeness (QED) is 0.783. The van der Waals surface area contributed by atoms with E-state index < -0.39 is 29.2 Å². The fourth-order valence-electron chi connectivity index (χ4n) is 2.17. The molecule has 0 radical (unpaired) electrons. The van der Waals surface area contributed by atoms with Crippen molar-refractivity contribution in [1.29, 1.82) is 0 Å². The van der Waals surface area contributed by atoms with Crippen molar-refractivity contribution in [3.05, 3.63) is 28.8 Å². The first kappa shape index (κ1) is 19.0. The average molecular weight is 356 g/mol. The van der Waals surface area contributed by atoms with Crippen LogP contribution < -0.4 is 5.32 Å². The van der Waals surface area contributed by atoms with E-state index in [0.29, 0.717) is 10.7 Å². The van der Waals surface area contributed by atoms with Crippen molar-refractivity contribution in [1.82, 2.24) is 0 Å². The highest BCUT2D eigenvalue weighted by Crippen LogP contribution is 2.45. The van der Waals surface area contributed by atoms with Crippen LogP contribution in [0.5, 0.6) is 0 Å². The number of amides is 1. The van der Waals surface area contributed by atoms with Gasteiger partial charge in [-0.2, -0.15) is 0 Å². The molecule has 0 saturated carbocycles. The maximum Gasteiger partial charge on any atom is 0.412 e. The molecule has 24 heavy (non-hydrogen) atoms. The predicted octanol–water partition coefficient (Wildman–Crippen LogP) is 5.29. The molecule has 2 rings (SSSR count). The van der Waals surface area contributed by atoms with E-state index in [-0.39, 0.29) is 0 Å². The summed E-state index contributed by atoms with van der Waals surface area (Å²) in [6, 6.07) is 5.27. The average Bonchev–Trinajstić information content (AvgIpc) is 2.58. The smallest absolute Gasteiger partial charge is 0.412 e. The third kappa shape index (κ3) is 4.21. The lowest BCUT2D eigenvalue weighted by molar-refractivity contribution is -0.0895. The zero-order valence-corrected chi connectivity index (χ0v) is 16.1. The molecule has 0 spiro atoms. The first-order valence-electron chi connectivity index (χ1n) is 7.96. The number of ether oxygens (including phenoxy) is 3. The van der Waals surface area contributed by atoms with Gasteiger partial charge in [-0.15, -0.1) is 0 Å². The Bertz CT molecular complexity index is 618. The van der Waals surface area contributed by atoms with E-state index in [1.54, 1.807) is 32.9 Å². The van der Waals surface area contributed by atoms with Gasteiger partial charge in [-0.05, 0) is 60.6 Å². The molecule has 134 valence electrons. The number of halogens is 1. The summed E-state index contributed by atoms with van der Waals surface area (Å²) in [5.41, 5.74) is -0.131. The molecule has 0 atom stereocenters. The molecule has 0 bridgehead atoms. The minimum Gasteiger partial charge on any atom is -0.444 e. The Balaban J connectivity index is 2.12. The summed E-state index contributed by atoms with van der Waals surface area (Å²) >= 11 is 6.28. The number of carbonyl (C=O) groups is 1. The molecule has 5 nitrogen and oxygen atoms in total. The molecule has 1 saturated heterocycles. The fraction of sp³-hybridized carbons (Fsp3) is 0.611. The van der Waals surface area contributed by atoms with Gasteiger partial charge in [-0.3, -0.25) is 5.32 Å². The molecule has 1 amide bonds. The molecule has 0 aromatic heterocycles. The van der Waals surface area contributed by atoms with Gasteiger partial charge >= 0.3 is 6.09 Å². The van der Waals surface area contributed by atoms with E-state index >= 15 is 0 Å². The topological polar surface area (TPSA) is 56.8 Å². The Kier molecular flexibility index (Phi) is 4.92. The van der Waals surface area contributed by atoms with Crippen molar-refractivity contribution >= 4 is 23.4 Å². The van der Waals surface area contributed by atoms with Crippen molar-refractivity contribution in [3.8, 4) is 0 Å². The first-order valence-corrected chi connectivity index (χ1v) is 8.34. The largest absolute Gasteiger partial charge is 0.444 e. The monoisotopic (exact) mass is 355 g/mol. The van der Waals surface area contributed by atoms with Crippen molar-refractivity contribution in [2.24, 2.45) is 0 Å². The molecule has 1 heterocycles. The maximum atomic E-state index is 11.9. The Labute approximate surface area is 148 Å². The van der Waals surface area contributed by atoms with Crippen molar-refractivity contribution in [2.75, 3.05) is 5.32 Å². The van der Waals surface area contributed by atoms with E-state index in [0.717, 1.165) is 5.56 Å². The summed E-state index contributed by atoms with van der Waals surface area (Å²) in [5, 5.41) is 3.04. The number of carbonyl (C=O) groups excluding carboxylic acids is 1. The summed E-state index contributed by atoms with van der Waals surface area (Å²) in [7, 11) is 0. The van der Waals surface area contributed by atoms with Gasteiger partial charge in [-0.1, -0.05) is 17.7 Å². The number of benzene rings is 1. The predicted molar refractivity (Wildman–Crippen MR) is 94.4 cm³/mol. The van der Waals surface area contributed by atoms with Gasteiger partial charge in [0.25, 0.3) is 0 Å². The van der Waals surface area contributed by atoms with Gasteiger partial charge < -0.3 is 14.2 Å². The molecule has 0 unspecified atom stereocenters. The van der Waals surface area contributed by atoms with Crippen LogP contribution in [0.3, 0.4) is 0 Å². The molecule has 1 aliphatic rings. The highest BCUT2D eigenvalue weighted by atomic mass is 35.5. The number of rotatable bonds is 2. The number of hydrogen-bond acceptors (Lipinski definition) is 4. The van der Waals surface area contributed by atoms with Crippen LogP contribution in [0.2, 0.25) is 5.02 Å². The second kappa shape index (κ2) is 6.21. The van der Waals surface area contributed by atoms with Gasteiger partial charge in [0.05, 0.1) is 21.9 Å². The van der Waals surface area contributed by atoms with Gasteiger partial charge in [-0.25, -0.2) is 4.79 Å². The normalized spacial score (nSPS) is 20.0. The maximum absolute atomic E-state index is 11.9.